The smallest absolute Gasteiger partial charge is 0.305 e. The number of carboxylic acids is 1. The van der Waals surface area contributed by atoms with Gasteiger partial charge >= 0.3 is 5.97 Å². The van der Waals surface area contributed by atoms with Gasteiger partial charge in [-0.05, 0) is 25.0 Å². The van der Waals surface area contributed by atoms with Crippen LogP contribution in [0.15, 0.2) is 30.5 Å². The van der Waals surface area contributed by atoms with Gasteiger partial charge in [-0.2, -0.15) is 5.10 Å². The highest BCUT2D eigenvalue weighted by atomic mass is 16.6. The second-order valence-electron chi connectivity index (χ2n) is 6.26. The predicted molar refractivity (Wildman–Crippen MR) is 91.6 cm³/mol. The second-order valence-corrected chi connectivity index (χ2v) is 6.26. The molecule has 0 saturated carbocycles. The molecule has 3 rings (SSSR count). The highest BCUT2D eigenvalue weighted by molar-refractivity contribution is 6.00. The number of likely N-dealkylation sites (tertiary alicyclic amines) is 1. The van der Waals surface area contributed by atoms with Crippen molar-refractivity contribution < 1.29 is 19.6 Å². The van der Waals surface area contributed by atoms with Crippen molar-refractivity contribution in [2.75, 3.05) is 6.54 Å². The molecule has 1 fully saturated rings. The van der Waals surface area contributed by atoms with Crippen molar-refractivity contribution in [1.82, 2.24) is 14.7 Å². The van der Waals surface area contributed by atoms with Gasteiger partial charge in [-0.25, -0.2) is 0 Å². The largest absolute Gasteiger partial charge is 0.481 e. The van der Waals surface area contributed by atoms with Crippen molar-refractivity contribution in [2.45, 2.75) is 25.3 Å². The van der Waals surface area contributed by atoms with Crippen LogP contribution >= 0.6 is 0 Å². The van der Waals surface area contributed by atoms with Gasteiger partial charge in [0.2, 0.25) is 0 Å². The lowest BCUT2D eigenvalue weighted by atomic mass is 10.1. The van der Waals surface area contributed by atoms with Crippen LogP contribution in [0, 0.1) is 10.1 Å². The Hall–Kier alpha value is -3.23. The molecule has 1 aliphatic heterocycles. The van der Waals surface area contributed by atoms with Crippen LogP contribution in [0.3, 0.4) is 0 Å². The average molecular weight is 358 g/mol. The van der Waals surface area contributed by atoms with Crippen molar-refractivity contribution >= 4 is 17.6 Å². The number of aryl methyl sites for hydroxylation is 1. The topological polar surface area (TPSA) is 119 Å². The Morgan fingerprint density at radius 1 is 1.35 bits per heavy atom. The van der Waals surface area contributed by atoms with Gasteiger partial charge in [0.15, 0.2) is 0 Å². The number of carbonyl (C=O) groups is 2. The zero-order valence-corrected chi connectivity index (χ0v) is 14.2. The van der Waals surface area contributed by atoms with Crippen LogP contribution in [0.5, 0.6) is 0 Å². The first-order valence-corrected chi connectivity index (χ1v) is 8.18. The molecule has 2 aromatic rings. The molecule has 26 heavy (non-hydrogen) atoms. The number of non-ortho nitro benzene ring substituents is 1. The summed E-state index contributed by atoms with van der Waals surface area (Å²) >= 11 is 0. The van der Waals surface area contributed by atoms with Crippen molar-refractivity contribution in [3.63, 3.8) is 0 Å². The summed E-state index contributed by atoms with van der Waals surface area (Å²) < 4.78 is 1.51. The normalized spacial score (nSPS) is 16.7. The van der Waals surface area contributed by atoms with E-state index >= 15 is 0 Å². The van der Waals surface area contributed by atoms with E-state index in [-0.39, 0.29) is 24.1 Å². The third kappa shape index (κ3) is 3.41. The maximum absolute atomic E-state index is 13.0. The maximum Gasteiger partial charge on any atom is 0.305 e. The van der Waals surface area contributed by atoms with Gasteiger partial charge in [0, 0.05) is 43.5 Å². The first kappa shape index (κ1) is 17.6. The SMILES string of the molecule is Cn1cc(C(=O)N2CCCC2CC(=O)O)c(-c2ccc([N+](=O)[O-])cc2)n1. The molecule has 1 aromatic carbocycles. The summed E-state index contributed by atoms with van der Waals surface area (Å²) in [4.78, 5) is 35.9. The molecule has 1 saturated heterocycles. The summed E-state index contributed by atoms with van der Waals surface area (Å²) in [6, 6.07) is 5.50. The van der Waals surface area contributed by atoms with Gasteiger partial charge in [0.05, 0.1) is 16.9 Å². The summed E-state index contributed by atoms with van der Waals surface area (Å²) in [5.74, 6) is -1.20. The number of aromatic nitrogens is 2. The van der Waals surface area contributed by atoms with Crippen LogP contribution < -0.4 is 0 Å². The lowest BCUT2D eigenvalue weighted by molar-refractivity contribution is -0.384. The van der Waals surface area contributed by atoms with Gasteiger partial charge in [0.1, 0.15) is 5.69 Å². The minimum absolute atomic E-state index is 0.0429. The number of hydrogen-bond donors (Lipinski definition) is 1. The van der Waals surface area contributed by atoms with Crippen molar-refractivity contribution in [3.05, 3.63) is 46.1 Å². The number of hydrogen-bond acceptors (Lipinski definition) is 5. The molecule has 0 aliphatic carbocycles. The van der Waals surface area contributed by atoms with E-state index < -0.39 is 10.9 Å². The van der Waals surface area contributed by atoms with E-state index in [1.807, 2.05) is 0 Å². The molecule has 1 amide bonds. The fourth-order valence-corrected chi connectivity index (χ4v) is 3.27. The Bertz CT molecular complexity index is 859. The standard InChI is InChI=1S/C17H18N4O5/c1-19-10-14(17(24)20-8-2-3-13(20)9-15(22)23)16(18-19)11-4-6-12(7-5-11)21(25)26/h4-7,10,13H,2-3,8-9H2,1H3,(H,22,23). The van der Waals surface area contributed by atoms with Crippen LogP contribution in [0.1, 0.15) is 29.6 Å². The van der Waals surface area contributed by atoms with E-state index in [4.69, 9.17) is 5.11 Å². The number of rotatable bonds is 5. The fourth-order valence-electron chi connectivity index (χ4n) is 3.27. The van der Waals surface area contributed by atoms with Gasteiger partial charge in [-0.15, -0.1) is 0 Å². The maximum atomic E-state index is 13.0. The van der Waals surface area contributed by atoms with Crippen LogP contribution in [-0.2, 0) is 11.8 Å². The van der Waals surface area contributed by atoms with Gasteiger partial charge in [0.25, 0.3) is 11.6 Å². The number of benzene rings is 1. The lowest BCUT2D eigenvalue weighted by Gasteiger charge is -2.23. The van der Waals surface area contributed by atoms with E-state index in [2.05, 4.69) is 5.10 Å². The van der Waals surface area contributed by atoms with E-state index in [9.17, 15) is 19.7 Å². The molecule has 9 heteroatoms. The summed E-state index contributed by atoms with van der Waals surface area (Å²) in [5, 5.41) is 24.2. The van der Waals surface area contributed by atoms with Crippen LogP contribution in [0.2, 0.25) is 0 Å². The second kappa shape index (κ2) is 6.95. The summed E-state index contributed by atoms with van der Waals surface area (Å²) in [6.07, 6.45) is 2.93. The molecule has 9 nitrogen and oxygen atoms in total. The Morgan fingerprint density at radius 2 is 2.04 bits per heavy atom. The number of carbonyl (C=O) groups excluding carboxylic acids is 1. The van der Waals surface area contributed by atoms with Crippen molar-refractivity contribution in [3.8, 4) is 11.3 Å². The van der Waals surface area contributed by atoms with Gasteiger partial charge in [-0.1, -0.05) is 0 Å². The quantitative estimate of drug-likeness (QED) is 0.645. The van der Waals surface area contributed by atoms with Crippen molar-refractivity contribution in [1.29, 1.82) is 0 Å². The summed E-state index contributed by atoms with van der Waals surface area (Å²) in [7, 11) is 1.68. The number of carboxylic acid groups (broad SMARTS) is 1. The molecule has 1 N–H and O–H groups in total. The molecule has 1 atom stereocenters. The summed E-state index contributed by atoms with van der Waals surface area (Å²) in [5.41, 5.74) is 1.33. The first-order chi connectivity index (χ1) is 12.4. The highest BCUT2D eigenvalue weighted by Crippen LogP contribution is 2.28. The van der Waals surface area contributed by atoms with Gasteiger partial charge < -0.3 is 10.0 Å². The Kier molecular flexibility index (Phi) is 4.70. The number of nitrogens with zero attached hydrogens (tertiary/aromatic N) is 4. The fraction of sp³-hybridized carbons (Fsp3) is 0.353. The predicted octanol–water partition coefficient (Wildman–Crippen LogP) is 2.07. The monoisotopic (exact) mass is 358 g/mol. The minimum Gasteiger partial charge on any atom is -0.481 e. The zero-order valence-electron chi connectivity index (χ0n) is 14.2. The Labute approximate surface area is 149 Å². The molecule has 0 radical (unpaired) electrons. The Morgan fingerprint density at radius 3 is 2.65 bits per heavy atom. The third-order valence-electron chi connectivity index (χ3n) is 4.46. The number of aliphatic carboxylic acids is 1. The van der Waals surface area contributed by atoms with Crippen molar-refractivity contribution in [2.24, 2.45) is 7.05 Å². The van der Waals surface area contributed by atoms with Crippen LogP contribution in [0.25, 0.3) is 11.3 Å². The molecule has 136 valence electrons. The first-order valence-electron chi connectivity index (χ1n) is 8.18. The molecule has 1 unspecified atom stereocenters. The minimum atomic E-state index is -0.934. The zero-order chi connectivity index (χ0) is 18.8. The highest BCUT2D eigenvalue weighted by Gasteiger charge is 2.33. The molecule has 0 spiro atoms. The number of nitro groups is 1. The molecule has 2 heterocycles. The molecule has 1 aromatic heterocycles. The van der Waals surface area contributed by atoms with Crippen LogP contribution in [-0.4, -0.2) is 49.2 Å². The molecule has 1 aliphatic rings. The van der Waals surface area contributed by atoms with E-state index in [0.717, 1.165) is 6.42 Å². The summed E-state index contributed by atoms with van der Waals surface area (Å²) in [6.45, 7) is 0.505. The molecular weight excluding hydrogens is 340 g/mol. The molecule has 0 bridgehead atoms. The number of amides is 1. The van der Waals surface area contributed by atoms with Crippen LogP contribution in [0.4, 0.5) is 5.69 Å². The lowest BCUT2D eigenvalue weighted by Crippen LogP contribution is -2.36. The third-order valence-corrected chi connectivity index (χ3v) is 4.46. The Balaban J connectivity index is 1.92. The average Bonchev–Trinajstić information content (AvgIpc) is 3.20. The van der Waals surface area contributed by atoms with Gasteiger partial charge in [-0.3, -0.25) is 24.4 Å². The number of nitro benzene ring substituents is 1. The van der Waals surface area contributed by atoms with E-state index in [1.54, 1.807) is 30.3 Å². The molecular formula is C17H18N4O5. The van der Waals surface area contributed by atoms with E-state index in [1.165, 1.54) is 16.8 Å². The van der Waals surface area contributed by atoms with E-state index in [0.29, 0.717) is 29.8 Å².